The Morgan fingerprint density at radius 3 is 1.69 bits per heavy atom. The van der Waals surface area contributed by atoms with Crippen molar-refractivity contribution in [3.8, 4) is 0 Å². The summed E-state index contributed by atoms with van der Waals surface area (Å²) in [5.74, 6) is 0. The quantitative estimate of drug-likeness (QED) is 0.488. The first-order chi connectivity index (χ1) is 6.04. The van der Waals surface area contributed by atoms with E-state index in [4.69, 9.17) is 10.1 Å². The first-order valence-corrected chi connectivity index (χ1v) is 3.31. The van der Waals surface area contributed by atoms with E-state index >= 15 is 0 Å². The van der Waals surface area contributed by atoms with Crippen LogP contribution in [0.25, 0.3) is 0 Å². The van der Waals surface area contributed by atoms with Gasteiger partial charge in [0.25, 0.3) is 5.69 Å². The molecule has 0 fully saturated rings. The molecule has 70 valence electrons. The van der Waals surface area contributed by atoms with Crippen LogP contribution in [-0.4, -0.2) is 16.9 Å². The molecule has 0 radical (unpaired) electrons. The second-order valence-corrected chi connectivity index (χ2v) is 2.03. The largest absolute Gasteiger partial charge is 0.269 e. The second-order valence-electron chi connectivity index (χ2n) is 2.03. The summed E-state index contributed by atoms with van der Waals surface area (Å²) in [6, 6.07) is 7.93. The third-order valence-corrected chi connectivity index (χ3v) is 0.967. The molecule has 0 heterocycles. The highest BCUT2D eigenvalue weighted by molar-refractivity contribution is 5.27. The van der Waals surface area contributed by atoms with Crippen molar-refractivity contribution < 1.29 is 9.85 Å². The fourth-order valence-electron chi connectivity index (χ4n) is 0.550. The number of non-ortho nitro benzene ring substituents is 1. The van der Waals surface area contributed by atoms with Gasteiger partial charge in [0, 0.05) is 17.1 Å². The van der Waals surface area contributed by atoms with E-state index in [0.29, 0.717) is 0 Å². The highest BCUT2D eigenvalue weighted by Gasteiger charge is 1.98. The van der Waals surface area contributed by atoms with E-state index < -0.39 is 9.85 Å². The standard InChI is InChI=1S/C6H5NO2.CH3NO2/c8-7(9)6-4-2-1-3-5-6;1-2(3)4/h1-5H;1H3. The Kier molecular flexibility index (Phi) is 4.78. The molecule has 0 atom stereocenters. The molecule has 1 aromatic rings. The monoisotopic (exact) mass is 184 g/mol. The number of nitro benzene ring substituents is 1. The van der Waals surface area contributed by atoms with Crippen molar-refractivity contribution in [2.24, 2.45) is 0 Å². The lowest BCUT2D eigenvalue weighted by molar-refractivity contribution is -0.445. The lowest BCUT2D eigenvalue weighted by atomic mass is 10.3. The number of benzene rings is 1. The van der Waals surface area contributed by atoms with Crippen LogP contribution in [0.4, 0.5) is 5.69 Å². The lowest BCUT2D eigenvalue weighted by Gasteiger charge is -1.85. The van der Waals surface area contributed by atoms with Gasteiger partial charge in [0.05, 0.1) is 4.92 Å². The molecule has 0 bridgehead atoms. The van der Waals surface area contributed by atoms with Crippen molar-refractivity contribution in [1.82, 2.24) is 0 Å². The van der Waals surface area contributed by atoms with E-state index in [2.05, 4.69) is 0 Å². The molecule has 0 aliphatic rings. The second kappa shape index (κ2) is 5.64. The Bertz CT molecular complexity index is 282. The first kappa shape index (κ1) is 11.0. The minimum absolute atomic E-state index is 0.137. The van der Waals surface area contributed by atoms with Gasteiger partial charge in [-0.25, -0.2) is 0 Å². The zero-order chi connectivity index (χ0) is 10.3. The highest BCUT2D eigenvalue weighted by atomic mass is 16.6. The van der Waals surface area contributed by atoms with Crippen LogP contribution in [0.5, 0.6) is 0 Å². The van der Waals surface area contributed by atoms with Gasteiger partial charge in [-0.1, -0.05) is 18.2 Å². The predicted octanol–water partition coefficient (Wildman–Crippen LogP) is 1.49. The average molecular weight is 184 g/mol. The van der Waals surface area contributed by atoms with Gasteiger partial charge in [0.2, 0.25) is 0 Å². The Labute approximate surface area is 74.1 Å². The summed E-state index contributed by atoms with van der Waals surface area (Å²) < 4.78 is 0. The van der Waals surface area contributed by atoms with Crippen LogP contribution in [0, 0.1) is 20.2 Å². The summed E-state index contributed by atoms with van der Waals surface area (Å²) in [6.45, 7) is 0. The van der Waals surface area contributed by atoms with Crippen molar-refractivity contribution >= 4 is 5.69 Å². The summed E-state index contributed by atoms with van der Waals surface area (Å²) in [6.07, 6.45) is 0. The number of hydrogen-bond acceptors (Lipinski definition) is 4. The van der Waals surface area contributed by atoms with Crippen molar-refractivity contribution in [2.45, 2.75) is 0 Å². The molecule has 1 rings (SSSR count). The van der Waals surface area contributed by atoms with Crippen molar-refractivity contribution in [3.05, 3.63) is 50.6 Å². The lowest BCUT2D eigenvalue weighted by Crippen LogP contribution is -1.84. The van der Waals surface area contributed by atoms with Gasteiger partial charge in [-0.05, 0) is 0 Å². The number of hydrogen-bond donors (Lipinski definition) is 0. The van der Waals surface area contributed by atoms with Gasteiger partial charge in [-0.3, -0.25) is 20.2 Å². The maximum absolute atomic E-state index is 10.0. The van der Waals surface area contributed by atoms with E-state index in [1.807, 2.05) is 0 Å². The summed E-state index contributed by atoms with van der Waals surface area (Å²) in [7, 11) is 0.889. The third kappa shape index (κ3) is 6.42. The van der Waals surface area contributed by atoms with E-state index in [1.54, 1.807) is 18.2 Å². The summed E-state index contributed by atoms with van der Waals surface area (Å²) >= 11 is 0. The van der Waals surface area contributed by atoms with Crippen LogP contribution in [0.2, 0.25) is 0 Å². The van der Waals surface area contributed by atoms with Gasteiger partial charge in [-0.15, -0.1) is 0 Å². The third-order valence-electron chi connectivity index (χ3n) is 0.967. The molecule has 6 heteroatoms. The van der Waals surface area contributed by atoms with E-state index in [1.165, 1.54) is 12.1 Å². The van der Waals surface area contributed by atoms with Gasteiger partial charge >= 0.3 is 0 Å². The maximum Gasteiger partial charge on any atom is 0.269 e. The zero-order valence-electron chi connectivity index (χ0n) is 6.91. The molecule has 0 aliphatic heterocycles. The van der Waals surface area contributed by atoms with Gasteiger partial charge in [0.15, 0.2) is 7.05 Å². The Morgan fingerprint density at radius 2 is 1.46 bits per heavy atom. The fraction of sp³-hybridized carbons (Fsp3) is 0.143. The molecule has 0 unspecified atom stereocenters. The van der Waals surface area contributed by atoms with Gasteiger partial charge in [0.1, 0.15) is 0 Å². The van der Waals surface area contributed by atoms with Crippen molar-refractivity contribution in [2.75, 3.05) is 7.05 Å². The number of para-hydroxylation sites is 1. The smallest absolute Gasteiger partial charge is 0.265 e. The van der Waals surface area contributed by atoms with Crippen LogP contribution in [0.1, 0.15) is 0 Å². The molecule has 0 saturated carbocycles. The number of rotatable bonds is 1. The maximum atomic E-state index is 10.0. The van der Waals surface area contributed by atoms with Gasteiger partial charge in [-0.2, -0.15) is 0 Å². The van der Waals surface area contributed by atoms with Crippen LogP contribution in [0.15, 0.2) is 30.3 Å². The SMILES string of the molecule is C[N+](=O)[O-].O=[N+]([O-])c1ccccc1. The topological polar surface area (TPSA) is 86.3 Å². The minimum atomic E-state index is -0.500. The molecule has 6 nitrogen and oxygen atoms in total. The molecule has 0 amide bonds. The molecule has 0 spiro atoms. The highest BCUT2D eigenvalue weighted by Crippen LogP contribution is 2.06. The molecule has 13 heavy (non-hydrogen) atoms. The molecule has 0 N–H and O–H groups in total. The molecule has 0 aliphatic carbocycles. The number of nitrogens with zero attached hydrogens (tertiary/aromatic N) is 2. The molecular weight excluding hydrogens is 176 g/mol. The molecule has 0 saturated heterocycles. The van der Waals surface area contributed by atoms with Gasteiger partial charge < -0.3 is 0 Å². The molecule has 1 aromatic carbocycles. The predicted molar refractivity (Wildman–Crippen MR) is 46.0 cm³/mol. The van der Waals surface area contributed by atoms with Crippen molar-refractivity contribution in [3.63, 3.8) is 0 Å². The first-order valence-electron chi connectivity index (χ1n) is 3.31. The van der Waals surface area contributed by atoms with Crippen LogP contribution in [0.3, 0.4) is 0 Å². The van der Waals surface area contributed by atoms with Crippen LogP contribution in [-0.2, 0) is 0 Å². The summed E-state index contributed by atoms with van der Waals surface area (Å²) in [4.78, 5) is 17.9. The molecule has 0 aromatic heterocycles. The Balaban J connectivity index is 0.000000310. The Morgan fingerprint density at radius 1 is 1.08 bits per heavy atom. The van der Waals surface area contributed by atoms with Crippen molar-refractivity contribution in [1.29, 1.82) is 0 Å². The average Bonchev–Trinajstić information content (AvgIpc) is 2.05. The Hall–Kier alpha value is -1.98. The van der Waals surface area contributed by atoms with Crippen LogP contribution < -0.4 is 0 Å². The summed E-state index contributed by atoms with van der Waals surface area (Å²) in [5.41, 5.74) is 0.137. The normalized spacial score (nSPS) is 8.08. The number of nitro groups is 2. The van der Waals surface area contributed by atoms with E-state index in [9.17, 15) is 10.1 Å². The zero-order valence-corrected chi connectivity index (χ0v) is 6.91. The molecular formula is C7H8N2O4. The van der Waals surface area contributed by atoms with E-state index in [-0.39, 0.29) is 5.69 Å². The van der Waals surface area contributed by atoms with E-state index in [0.717, 1.165) is 7.05 Å². The van der Waals surface area contributed by atoms with Crippen LogP contribution >= 0.6 is 0 Å². The summed E-state index contributed by atoms with van der Waals surface area (Å²) in [5, 5.41) is 18.8. The fourth-order valence-corrected chi connectivity index (χ4v) is 0.550. The minimum Gasteiger partial charge on any atom is -0.265 e.